The first kappa shape index (κ1) is 23.6. The Morgan fingerprint density at radius 1 is 0.938 bits per heavy atom. The van der Waals surface area contributed by atoms with Gasteiger partial charge in [0, 0.05) is 6.54 Å². The van der Waals surface area contributed by atoms with E-state index in [1.165, 1.54) is 0 Å². The number of carbonyl (C=O) groups excluding carboxylic acids is 2. The number of hydrogen-bond acceptors (Lipinski definition) is 6. The van der Waals surface area contributed by atoms with Crippen molar-refractivity contribution < 1.29 is 49.4 Å². The molecule has 1 atom stereocenters. The van der Waals surface area contributed by atoms with Crippen LogP contribution in [0.5, 0.6) is 5.75 Å². The van der Waals surface area contributed by atoms with E-state index in [2.05, 4.69) is 9.47 Å². The molecule has 0 unspecified atom stereocenters. The number of ether oxygens (including phenoxy) is 2. The minimum absolute atomic E-state index is 0.0616. The second-order valence-corrected chi connectivity index (χ2v) is 8.50. The molecule has 2 aromatic carbocycles. The molecule has 0 aliphatic carbocycles. The van der Waals surface area contributed by atoms with Gasteiger partial charge in [-0.1, -0.05) is 0 Å². The highest BCUT2D eigenvalue weighted by Gasteiger charge is 2.40. The highest BCUT2D eigenvalue weighted by atomic mass is 32.2. The summed E-state index contributed by atoms with van der Waals surface area (Å²) < 4.78 is 102. The third-order valence-corrected chi connectivity index (χ3v) is 6.66. The Kier molecular flexibility index (Phi) is 6.51. The Hall–Kier alpha value is -3.06. The van der Waals surface area contributed by atoms with Crippen molar-refractivity contribution in [3.63, 3.8) is 0 Å². The van der Waals surface area contributed by atoms with Gasteiger partial charge < -0.3 is 9.47 Å². The average Bonchev–Trinajstić information content (AvgIpc) is 3.29. The van der Waals surface area contributed by atoms with Crippen molar-refractivity contribution in [1.82, 2.24) is 4.31 Å². The lowest BCUT2D eigenvalue weighted by atomic mass is 10.2. The van der Waals surface area contributed by atoms with Gasteiger partial charge in [0.25, 0.3) is 0 Å². The largest absolute Gasteiger partial charge is 0.468 e. The Balaban J connectivity index is 1.85. The minimum Gasteiger partial charge on any atom is -0.468 e. The SMILES string of the molecule is COC(=O)[C@H]1CCCN1S(=O)(=O)c1ccc(C(=O)Oc2c(F)c(F)c(F)c(F)c2F)cc1. The average molecular weight is 479 g/mol. The lowest BCUT2D eigenvalue weighted by molar-refractivity contribution is -0.144. The molecule has 32 heavy (non-hydrogen) atoms. The van der Waals surface area contributed by atoms with Gasteiger partial charge in [0.05, 0.1) is 17.6 Å². The molecular formula is C19H14F5NO6S. The fraction of sp³-hybridized carbons (Fsp3) is 0.263. The van der Waals surface area contributed by atoms with Crippen LogP contribution in [0.3, 0.4) is 0 Å². The van der Waals surface area contributed by atoms with Gasteiger partial charge >= 0.3 is 11.9 Å². The minimum atomic E-state index is -4.15. The van der Waals surface area contributed by atoms with Gasteiger partial charge in [-0.2, -0.15) is 13.1 Å². The fourth-order valence-electron chi connectivity index (χ4n) is 3.12. The molecule has 0 saturated carbocycles. The van der Waals surface area contributed by atoms with E-state index in [0.717, 1.165) is 35.7 Å². The number of halogens is 5. The van der Waals surface area contributed by atoms with Crippen LogP contribution >= 0.6 is 0 Å². The second-order valence-electron chi connectivity index (χ2n) is 6.61. The molecule has 0 spiro atoms. The molecule has 7 nitrogen and oxygen atoms in total. The van der Waals surface area contributed by atoms with Crippen LogP contribution in [0.25, 0.3) is 0 Å². The number of hydrogen-bond donors (Lipinski definition) is 0. The van der Waals surface area contributed by atoms with Crippen LogP contribution in [-0.2, 0) is 19.6 Å². The fourth-order valence-corrected chi connectivity index (χ4v) is 4.77. The number of rotatable bonds is 5. The molecule has 172 valence electrons. The van der Waals surface area contributed by atoms with Crippen molar-refractivity contribution in [2.24, 2.45) is 0 Å². The molecule has 3 rings (SSSR count). The number of nitrogens with zero attached hydrogens (tertiary/aromatic N) is 1. The summed E-state index contributed by atoms with van der Waals surface area (Å²) >= 11 is 0. The van der Waals surface area contributed by atoms with E-state index in [9.17, 15) is 40.0 Å². The predicted octanol–water partition coefficient (Wildman–Crippen LogP) is 2.93. The predicted molar refractivity (Wildman–Crippen MR) is 96.6 cm³/mol. The summed E-state index contributed by atoms with van der Waals surface area (Å²) in [4.78, 5) is 23.6. The van der Waals surface area contributed by atoms with Crippen molar-refractivity contribution in [2.45, 2.75) is 23.8 Å². The van der Waals surface area contributed by atoms with Gasteiger partial charge in [-0.05, 0) is 37.1 Å². The van der Waals surface area contributed by atoms with Crippen LogP contribution in [0.2, 0.25) is 0 Å². The summed E-state index contributed by atoms with van der Waals surface area (Å²) in [6.07, 6.45) is 0.684. The Bertz CT molecular complexity index is 1160. The number of methoxy groups -OCH3 is 1. The first-order chi connectivity index (χ1) is 15.0. The van der Waals surface area contributed by atoms with Crippen molar-refractivity contribution in [3.8, 4) is 5.75 Å². The van der Waals surface area contributed by atoms with Gasteiger partial charge in [0.2, 0.25) is 44.9 Å². The maximum absolute atomic E-state index is 13.7. The number of esters is 2. The standard InChI is InChI=1S/C19H14F5NO6S/c1-30-19(27)11-3-2-8-25(11)32(28,29)10-6-4-9(5-7-10)18(26)31-17-15(23)13(21)12(20)14(22)16(17)24/h4-7,11H,2-3,8H2,1H3/t11-/m1/s1. The van der Waals surface area contributed by atoms with Gasteiger partial charge in [0.15, 0.2) is 0 Å². The number of benzene rings is 2. The highest BCUT2D eigenvalue weighted by molar-refractivity contribution is 7.89. The van der Waals surface area contributed by atoms with E-state index in [4.69, 9.17) is 0 Å². The topological polar surface area (TPSA) is 90.0 Å². The molecule has 0 amide bonds. The lowest BCUT2D eigenvalue weighted by Gasteiger charge is -2.22. The monoisotopic (exact) mass is 479 g/mol. The van der Waals surface area contributed by atoms with Crippen LogP contribution in [-0.4, -0.2) is 44.4 Å². The molecule has 2 aromatic rings. The summed E-state index contributed by atoms with van der Waals surface area (Å²) in [5.41, 5.74) is -0.432. The third kappa shape index (κ3) is 4.05. The van der Waals surface area contributed by atoms with E-state index in [-0.39, 0.29) is 17.9 Å². The summed E-state index contributed by atoms with van der Waals surface area (Å²) in [6.45, 7) is 0.0616. The quantitative estimate of drug-likeness (QED) is 0.215. The van der Waals surface area contributed by atoms with Crippen molar-refractivity contribution >= 4 is 22.0 Å². The lowest BCUT2D eigenvalue weighted by Crippen LogP contribution is -2.41. The Labute approximate surface area is 178 Å². The van der Waals surface area contributed by atoms with Gasteiger partial charge in [-0.25, -0.2) is 26.4 Å². The zero-order valence-electron chi connectivity index (χ0n) is 16.2. The molecule has 0 aromatic heterocycles. The highest BCUT2D eigenvalue weighted by Crippen LogP contribution is 2.30. The van der Waals surface area contributed by atoms with Gasteiger partial charge in [0.1, 0.15) is 6.04 Å². The van der Waals surface area contributed by atoms with Gasteiger partial charge in [-0.15, -0.1) is 0 Å². The third-order valence-electron chi connectivity index (χ3n) is 4.74. The maximum Gasteiger partial charge on any atom is 0.343 e. The Morgan fingerprint density at radius 2 is 1.47 bits per heavy atom. The summed E-state index contributed by atoms with van der Waals surface area (Å²) in [6, 6.07) is 2.77. The van der Waals surface area contributed by atoms with E-state index < -0.39 is 68.4 Å². The zero-order valence-corrected chi connectivity index (χ0v) is 17.0. The van der Waals surface area contributed by atoms with Crippen LogP contribution in [0.1, 0.15) is 23.2 Å². The number of sulfonamides is 1. The van der Waals surface area contributed by atoms with E-state index in [1.54, 1.807) is 0 Å². The maximum atomic E-state index is 13.7. The molecule has 1 saturated heterocycles. The molecule has 1 fully saturated rings. The zero-order chi connectivity index (χ0) is 23.8. The molecule has 13 heteroatoms. The molecule has 1 aliphatic heterocycles. The normalized spacial score (nSPS) is 16.8. The molecular weight excluding hydrogens is 465 g/mol. The molecule has 0 radical (unpaired) electrons. The first-order valence-corrected chi connectivity index (χ1v) is 10.4. The summed E-state index contributed by atoms with van der Waals surface area (Å²) in [5.74, 6) is -15.7. The van der Waals surface area contributed by atoms with E-state index >= 15 is 0 Å². The van der Waals surface area contributed by atoms with Crippen molar-refractivity contribution in [1.29, 1.82) is 0 Å². The van der Waals surface area contributed by atoms with Crippen LogP contribution < -0.4 is 4.74 Å². The van der Waals surface area contributed by atoms with Gasteiger partial charge in [-0.3, -0.25) is 4.79 Å². The van der Waals surface area contributed by atoms with Crippen molar-refractivity contribution in [2.75, 3.05) is 13.7 Å². The smallest absolute Gasteiger partial charge is 0.343 e. The second kappa shape index (κ2) is 8.82. The van der Waals surface area contributed by atoms with E-state index in [0.29, 0.717) is 6.42 Å². The summed E-state index contributed by atoms with van der Waals surface area (Å²) in [7, 11) is -3.03. The van der Waals surface area contributed by atoms with Crippen LogP contribution in [0, 0.1) is 29.1 Å². The summed E-state index contributed by atoms with van der Waals surface area (Å²) in [5, 5.41) is 0. The Morgan fingerprint density at radius 3 is 2.00 bits per heavy atom. The first-order valence-electron chi connectivity index (χ1n) is 8.94. The molecule has 1 aliphatic rings. The van der Waals surface area contributed by atoms with E-state index in [1.807, 2.05) is 0 Å². The van der Waals surface area contributed by atoms with Crippen LogP contribution in [0.4, 0.5) is 22.0 Å². The molecule has 1 heterocycles. The molecule has 0 bridgehead atoms. The van der Waals surface area contributed by atoms with Crippen molar-refractivity contribution in [3.05, 3.63) is 58.9 Å². The number of carbonyl (C=O) groups is 2. The van der Waals surface area contributed by atoms with Crippen LogP contribution in [0.15, 0.2) is 29.2 Å². The molecule has 0 N–H and O–H groups in total.